The molecule has 4 atom stereocenters. The zero-order valence-electron chi connectivity index (χ0n) is 28.9. The smallest absolute Gasteiger partial charge is 0.164 e. The number of nitriles is 2. The highest BCUT2D eigenvalue weighted by molar-refractivity contribution is 5.75. The Morgan fingerprint density at radius 3 is 1.80 bits per heavy atom. The number of benzene rings is 4. The molecule has 2 bridgehead atoms. The number of fused-ring (bicyclic) bond motifs is 2. The predicted octanol–water partition coefficient (Wildman–Crippen LogP) is 10.4. The van der Waals surface area contributed by atoms with Crippen molar-refractivity contribution in [2.45, 2.75) is 51.4 Å². The van der Waals surface area contributed by atoms with Crippen LogP contribution in [0.5, 0.6) is 0 Å². The quantitative estimate of drug-likeness (QED) is 0.176. The van der Waals surface area contributed by atoms with Gasteiger partial charge in [0.1, 0.15) is 6.07 Å². The first-order valence-corrected chi connectivity index (χ1v) is 17.8. The van der Waals surface area contributed by atoms with Gasteiger partial charge in [-0.25, -0.2) is 15.0 Å². The molecule has 2 fully saturated rings. The van der Waals surface area contributed by atoms with Gasteiger partial charge in [-0.15, -0.1) is 0 Å². The van der Waals surface area contributed by atoms with Gasteiger partial charge in [0.25, 0.3) is 0 Å². The number of pyridine rings is 1. The molecule has 0 aliphatic heterocycles. The minimum atomic E-state index is 0.242. The summed E-state index contributed by atoms with van der Waals surface area (Å²) in [5.41, 5.74) is 9.31. The second-order valence-electron chi connectivity index (χ2n) is 14.8. The predicted molar refractivity (Wildman–Crippen MR) is 201 cm³/mol. The number of rotatable bonds is 6. The Labute approximate surface area is 299 Å². The van der Waals surface area contributed by atoms with Crippen LogP contribution in [0.1, 0.15) is 62.6 Å². The van der Waals surface area contributed by atoms with Gasteiger partial charge in [0.15, 0.2) is 17.5 Å². The molecule has 0 spiro atoms. The maximum atomic E-state index is 9.59. The highest BCUT2D eigenvalue weighted by atomic mass is 15.0. The number of nitrogens with zero attached hydrogens (tertiary/aromatic N) is 6. The molecule has 2 saturated carbocycles. The first-order chi connectivity index (χ1) is 24.9. The van der Waals surface area contributed by atoms with Crippen molar-refractivity contribution in [1.82, 2.24) is 19.9 Å². The molecule has 0 N–H and O–H groups in total. The highest BCUT2D eigenvalue weighted by Crippen LogP contribution is 2.51. The van der Waals surface area contributed by atoms with Gasteiger partial charge in [-0.05, 0) is 114 Å². The normalized spacial score (nSPS) is 21.0. The molecule has 6 heteroatoms. The van der Waals surface area contributed by atoms with Crippen LogP contribution in [-0.2, 0) is 5.41 Å². The van der Waals surface area contributed by atoms with E-state index in [1.165, 1.54) is 43.2 Å². The van der Waals surface area contributed by atoms with Crippen LogP contribution in [-0.4, -0.2) is 19.9 Å². The van der Waals surface area contributed by atoms with Crippen LogP contribution in [0.3, 0.4) is 0 Å². The average molecular weight is 663 g/mol. The highest BCUT2D eigenvalue weighted by Gasteiger charge is 2.41. The fraction of sp³-hybridized carbons (Fsp3) is 0.244. The fourth-order valence-electron chi connectivity index (χ4n) is 8.72. The van der Waals surface area contributed by atoms with Crippen molar-refractivity contribution in [1.29, 1.82) is 10.5 Å². The molecule has 2 aliphatic rings. The van der Waals surface area contributed by atoms with Gasteiger partial charge in [-0.3, -0.25) is 4.98 Å². The summed E-state index contributed by atoms with van der Waals surface area (Å²) < 4.78 is 0. The molecular weight excluding hydrogens is 625 g/mol. The Kier molecular flexibility index (Phi) is 8.46. The lowest BCUT2D eigenvalue weighted by molar-refractivity contribution is 0.0899. The Morgan fingerprint density at radius 2 is 1.18 bits per heavy atom. The summed E-state index contributed by atoms with van der Waals surface area (Å²) in [6.45, 7) is 4.92. The second-order valence-corrected chi connectivity index (χ2v) is 14.8. The van der Waals surface area contributed by atoms with Gasteiger partial charge < -0.3 is 0 Å². The molecule has 2 aliphatic carbocycles. The lowest BCUT2D eigenvalue weighted by atomic mass is 9.57. The van der Waals surface area contributed by atoms with Gasteiger partial charge >= 0.3 is 0 Å². The summed E-state index contributed by atoms with van der Waals surface area (Å²) in [5.74, 6) is 4.20. The molecule has 2 heterocycles. The summed E-state index contributed by atoms with van der Waals surface area (Å²) in [4.78, 5) is 18.9. The molecule has 51 heavy (non-hydrogen) atoms. The van der Waals surface area contributed by atoms with E-state index in [-0.39, 0.29) is 5.41 Å². The Morgan fingerprint density at radius 1 is 0.608 bits per heavy atom. The summed E-state index contributed by atoms with van der Waals surface area (Å²) in [7, 11) is 0. The summed E-state index contributed by atoms with van der Waals surface area (Å²) in [6, 6.07) is 39.1. The Balaban J connectivity index is 1.13. The topological polar surface area (TPSA) is 99.1 Å². The van der Waals surface area contributed by atoms with Gasteiger partial charge in [0.05, 0.1) is 17.2 Å². The zero-order chi connectivity index (χ0) is 35.0. The van der Waals surface area contributed by atoms with Crippen LogP contribution in [0.2, 0.25) is 0 Å². The zero-order valence-corrected chi connectivity index (χ0v) is 28.9. The molecule has 2 unspecified atom stereocenters. The van der Waals surface area contributed by atoms with E-state index in [2.05, 4.69) is 73.4 Å². The second kappa shape index (κ2) is 13.4. The third kappa shape index (κ3) is 6.54. The fourth-order valence-corrected chi connectivity index (χ4v) is 8.72. The molecule has 2 aromatic heterocycles. The third-order valence-corrected chi connectivity index (χ3v) is 11.0. The monoisotopic (exact) mass is 662 g/mol. The molecular formula is C45H38N6. The van der Waals surface area contributed by atoms with E-state index in [1.807, 2.05) is 48.5 Å². The van der Waals surface area contributed by atoms with Crippen LogP contribution in [0.15, 0.2) is 116 Å². The van der Waals surface area contributed by atoms with Crippen molar-refractivity contribution >= 4 is 0 Å². The average Bonchev–Trinajstić information content (AvgIpc) is 3.17. The minimum absolute atomic E-state index is 0.242. The van der Waals surface area contributed by atoms with Crippen molar-refractivity contribution in [2.75, 3.05) is 0 Å². The van der Waals surface area contributed by atoms with Crippen molar-refractivity contribution in [3.63, 3.8) is 0 Å². The largest absolute Gasteiger partial charge is 0.263 e. The van der Waals surface area contributed by atoms with E-state index in [1.54, 1.807) is 24.5 Å². The van der Waals surface area contributed by atoms with Gasteiger partial charge in [0.2, 0.25) is 0 Å². The van der Waals surface area contributed by atoms with Crippen LogP contribution < -0.4 is 0 Å². The maximum Gasteiger partial charge on any atom is 0.164 e. The van der Waals surface area contributed by atoms with E-state index in [4.69, 9.17) is 15.0 Å². The van der Waals surface area contributed by atoms with E-state index < -0.39 is 0 Å². The van der Waals surface area contributed by atoms with Gasteiger partial charge in [0, 0.05) is 34.6 Å². The Hall–Kier alpha value is -5.98. The Bertz CT molecular complexity index is 2280. The lowest BCUT2D eigenvalue weighted by Gasteiger charge is -2.47. The molecule has 0 amide bonds. The lowest BCUT2D eigenvalue weighted by Crippen LogP contribution is -2.38. The number of hydrogen-bond donors (Lipinski definition) is 0. The third-order valence-electron chi connectivity index (χ3n) is 11.0. The summed E-state index contributed by atoms with van der Waals surface area (Å²) >= 11 is 0. The van der Waals surface area contributed by atoms with E-state index >= 15 is 0 Å². The van der Waals surface area contributed by atoms with Gasteiger partial charge in [-0.1, -0.05) is 80.6 Å². The number of aromatic nitrogens is 4. The van der Waals surface area contributed by atoms with Crippen molar-refractivity contribution in [3.8, 4) is 68.6 Å². The molecule has 0 saturated heterocycles. The summed E-state index contributed by atoms with van der Waals surface area (Å²) in [6.07, 6.45) is 10.0. The van der Waals surface area contributed by atoms with Crippen molar-refractivity contribution < 1.29 is 0 Å². The minimum Gasteiger partial charge on any atom is -0.263 e. The molecule has 6 nitrogen and oxygen atoms in total. The first kappa shape index (κ1) is 32.2. The molecule has 248 valence electrons. The van der Waals surface area contributed by atoms with E-state index in [0.29, 0.717) is 28.6 Å². The molecule has 4 aromatic carbocycles. The van der Waals surface area contributed by atoms with E-state index in [0.717, 1.165) is 51.1 Å². The maximum absolute atomic E-state index is 9.59. The standard InChI is InChI=1S/C45H38N6/c1-29-20-31-22-32(21-29)25-45(2,24-31)40-16-14-33(15-17-40)37-4-3-5-38(23-37)44-50-42(35-8-6-30(26-46)7-9-35)49-43(51-44)36-12-10-34(11-13-36)41-18-19-48-28-39(41)27-47/h3-19,23,28-29,31-32H,20-22,24-25H2,1-2H3/t29?,31-,32+,45?. The summed E-state index contributed by atoms with van der Waals surface area (Å²) in [5, 5.41) is 19.0. The van der Waals surface area contributed by atoms with Crippen LogP contribution in [0.4, 0.5) is 0 Å². The van der Waals surface area contributed by atoms with Crippen LogP contribution in [0, 0.1) is 40.4 Å². The van der Waals surface area contributed by atoms with E-state index in [9.17, 15) is 10.5 Å². The molecule has 0 radical (unpaired) electrons. The SMILES string of the molecule is CC1C[C@@H]2C[C@H](C1)CC(C)(c1ccc(-c3cccc(-c4nc(-c5ccc(C#N)cc5)nc(-c5ccc(-c6ccncc6C#N)cc5)n4)c3)cc1)C2. The number of hydrogen-bond acceptors (Lipinski definition) is 6. The van der Waals surface area contributed by atoms with Gasteiger partial charge in [-0.2, -0.15) is 10.5 Å². The van der Waals surface area contributed by atoms with Crippen molar-refractivity contribution in [2.24, 2.45) is 17.8 Å². The van der Waals surface area contributed by atoms with Crippen LogP contribution in [0.25, 0.3) is 56.4 Å². The van der Waals surface area contributed by atoms with Crippen LogP contribution >= 0.6 is 0 Å². The molecule has 8 rings (SSSR count). The first-order valence-electron chi connectivity index (χ1n) is 17.8. The van der Waals surface area contributed by atoms with Crippen molar-refractivity contribution in [3.05, 3.63) is 132 Å². The molecule has 6 aromatic rings.